The summed E-state index contributed by atoms with van der Waals surface area (Å²) in [6.45, 7) is 2.88. The Kier molecular flexibility index (Phi) is 7.78. The maximum atomic E-state index is 13.6. The predicted octanol–water partition coefficient (Wildman–Crippen LogP) is 4.72. The number of nitrogens with one attached hydrogen (secondary N) is 3. The number of ether oxygens (including phenoxy) is 1. The first-order valence-electron chi connectivity index (χ1n) is 11.7. The Hall–Kier alpha value is -5.22. The Morgan fingerprint density at radius 3 is 2.21 bits per heavy atom. The van der Waals surface area contributed by atoms with Gasteiger partial charge in [0, 0.05) is 17.6 Å². The first-order chi connectivity index (χ1) is 19.6. The lowest BCUT2D eigenvalue weighted by Gasteiger charge is -2.17. The van der Waals surface area contributed by atoms with E-state index in [0.717, 1.165) is 19.2 Å². The second-order valence-corrected chi connectivity index (χ2v) is 8.68. The number of aromatic nitrogens is 4. The van der Waals surface area contributed by atoms with Crippen LogP contribution in [0.3, 0.4) is 0 Å². The zero-order chi connectivity index (χ0) is 31.0. The quantitative estimate of drug-likeness (QED) is 0.229. The van der Waals surface area contributed by atoms with Crippen molar-refractivity contribution >= 4 is 34.5 Å². The summed E-state index contributed by atoms with van der Waals surface area (Å²) in [5, 5.41) is 5.95. The van der Waals surface area contributed by atoms with Gasteiger partial charge in [-0.3, -0.25) is 15.0 Å². The van der Waals surface area contributed by atoms with Crippen LogP contribution in [-0.2, 0) is 17.1 Å². The maximum absolute atomic E-state index is 13.6. The summed E-state index contributed by atoms with van der Waals surface area (Å²) in [5.41, 5.74) is -0.0824. The molecule has 4 rings (SSSR count). The minimum atomic E-state index is -4.94. The van der Waals surface area contributed by atoms with Gasteiger partial charge in [-0.2, -0.15) is 31.4 Å². The van der Waals surface area contributed by atoms with E-state index in [2.05, 4.69) is 25.1 Å². The van der Waals surface area contributed by atoms with Gasteiger partial charge >= 0.3 is 18.4 Å². The molecule has 0 aliphatic carbocycles. The number of fused-ring (bicyclic) bond motifs is 1. The van der Waals surface area contributed by atoms with Crippen molar-refractivity contribution in [2.75, 3.05) is 12.4 Å². The molecule has 0 saturated carbocycles. The van der Waals surface area contributed by atoms with Crippen molar-refractivity contribution in [2.45, 2.75) is 26.2 Å². The highest BCUT2D eigenvalue weighted by Gasteiger charge is 2.37. The van der Waals surface area contributed by atoms with Gasteiger partial charge < -0.3 is 10.1 Å². The Morgan fingerprint density at radius 2 is 1.60 bits per heavy atom. The number of pyridine rings is 2. The van der Waals surface area contributed by atoms with Crippen molar-refractivity contribution in [1.29, 1.82) is 0 Å². The van der Waals surface area contributed by atoms with E-state index in [1.807, 2.05) is 10.9 Å². The number of hydrogen-bond acceptors (Lipinski definition) is 7. The lowest BCUT2D eigenvalue weighted by atomic mass is 10.0. The van der Waals surface area contributed by atoms with E-state index < -0.39 is 52.9 Å². The summed E-state index contributed by atoms with van der Waals surface area (Å²) in [4.78, 5) is 45.5. The third kappa shape index (κ3) is 5.93. The molecule has 0 atom stereocenters. The summed E-state index contributed by atoms with van der Waals surface area (Å²) in [6.07, 6.45) is -9.57. The minimum absolute atomic E-state index is 0.0430. The van der Waals surface area contributed by atoms with Crippen LogP contribution in [0.25, 0.3) is 16.7 Å². The molecule has 3 heterocycles. The van der Waals surface area contributed by atoms with Gasteiger partial charge in [0.05, 0.1) is 23.9 Å². The van der Waals surface area contributed by atoms with Crippen LogP contribution in [0.4, 0.5) is 36.8 Å². The maximum Gasteiger partial charge on any atom is 0.435 e. The fraction of sp³-hybridized carbons (Fsp3) is 0.200. The monoisotopic (exact) mass is 595 g/mol. The van der Waals surface area contributed by atoms with Crippen molar-refractivity contribution in [3.8, 4) is 5.82 Å². The summed E-state index contributed by atoms with van der Waals surface area (Å²) >= 11 is 0. The molecule has 0 aliphatic heterocycles. The SMILES string of the molecule is COC(=O)NNC(=O)c1cc2nc(C(F)(F)F)ccc2c(C)c1NC(=O)c1cc(C(F)(F)F)nn1-c1ncccc1C. The molecular formula is C25H19F6N7O4. The number of rotatable bonds is 4. The number of alkyl halides is 6. The topological polar surface area (TPSA) is 140 Å². The molecule has 0 unspecified atom stereocenters. The van der Waals surface area contributed by atoms with Gasteiger partial charge in [-0.05, 0) is 43.2 Å². The highest BCUT2D eigenvalue weighted by Crippen LogP contribution is 2.34. The fourth-order valence-electron chi connectivity index (χ4n) is 3.89. The van der Waals surface area contributed by atoms with Gasteiger partial charge in [0.2, 0.25) is 0 Å². The number of aryl methyl sites for hydroxylation is 2. The predicted molar refractivity (Wildman–Crippen MR) is 134 cm³/mol. The number of hydrogen-bond donors (Lipinski definition) is 3. The van der Waals surface area contributed by atoms with Crippen molar-refractivity contribution in [2.24, 2.45) is 0 Å². The molecule has 11 nitrogen and oxygen atoms in total. The van der Waals surface area contributed by atoms with Crippen molar-refractivity contribution < 1.29 is 45.5 Å². The molecule has 0 saturated heterocycles. The van der Waals surface area contributed by atoms with E-state index in [-0.39, 0.29) is 28.0 Å². The fourth-order valence-corrected chi connectivity index (χ4v) is 3.89. The number of benzene rings is 1. The highest BCUT2D eigenvalue weighted by molar-refractivity contribution is 6.12. The van der Waals surface area contributed by atoms with Crippen LogP contribution in [-0.4, -0.2) is 44.8 Å². The number of anilines is 1. The molecule has 0 aliphatic rings. The standard InChI is InChI=1S/C25H19F6N7O4/c1-11-5-4-8-32-20(11)38-16(10-18(37-38)25(29,30)31)22(40)34-19-12(2)13-6-7-17(24(26,27)28)33-15(13)9-14(19)21(39)35-36-23(41)42-3/h4-10H,1-3H3,(H,34,40)(H,35,39)(H,36,41). The lowest BCUT2D eigenvalue weighted by molar-refractivity contribution is -0.142. The molecule has 3 aromatic heterocycles. The number of methoxy groups -OCH3 is 1. The van der Waals surface area contributed by atoms with Crippen LogP contribution in [0.5, 0.6) is 0 Å². The molecule has 0 spiro atoms. The third-order valence-electron chi connectivity index (χ3n) is 5.91. The Labute approximate surface area is 231 Å². The zero-order valence-electron chi connectivity index (χ0n) is 21.7. The van der Waals surface area contributed by atoms with Crippen LogP contribution in [0.2, 0.25) is 0 Å². The number of halogens is 6. The van der Waals surface area contributed by atoms with Gasteiger partial charge in [0.1, 0.15) is 11.4 Å². The summed E-state index contributed by atoms with van der Waals surface area (Å²) in [7, 11) is 0.998. The number of nitrogens with zero attached hydrogens (tertiary/aromatic N) is 4. The highest BCUT2D eigenvalue weighted by atomic mass is 19.4. The molecule has 3 N–H and O–H groups in total. The molecule has 0 radical (unpaired) electrons. The molecule has 3 amide bonds. The van der Waals surface area contributed by atoms with E-state index in [1.165, 1.54) is 32.2 Å². The van der Waals surface area contributed by atoms with E-state index in [0.29, 0.717) is 22.4 Å². The third-order valence-corrected chi connectivity index (χ3v) is 5.91. The second-order valence-electron chi connectivity index (χ2n) is 8.68. The molecule has 42 heavy (non-hydrogen) atoms. The Balaban J connectivity index is 1.87. The second kappa shape index (κ2) is 11.0. The number of hydrazine groups is 1. The number of amides is 3. The van der Waals surface area contributed by atoms with Gasteiger partial charge in [-0.15, -0.1) is 0 Å². The average Bonchev–Trinajstić information content (AvgIpc) is 3.38. The molecule has 17 heteroatoms. The van der Waals surface area contributed by atoms with Crippen molar-refractivity contribution in [1.82, 2.24) is 30.6 Å². The van der Waals surface area contributed by atoms with Gasteiger partial charge in [-0.1, -0.05) is 12.1 Å². The normalized spacial score (nSPS) is 11.7. The van der Waals surface area contributed by atoms with E-state index in [9.17, 15) is 40.7 Å². The zero-order valence-corrected chi connectivity index (χ0v) is 21.7. The average molecular weight is 595 g/mol. The number of carbonyl (C=O) groups is 3. The lowest BCUT2D eigenvalue weighted by Crippen LogP contribution is -2.41. The van der Waals surface area contributed by atoms with E-state index in [1.54, 1.807) is 0 Å². The van der Waals surface area contributed by atoms with Gasteiger partial charge in [-0.25, -0.2) is 24.9 Å². The molecule has 220 valence electrons. The molecule has 1 aromatic carbocycles. The summed E-state index contributed by atoms with van der Waals surface area (Å²) < 4.78 is 85.7. The molecular weight excluding hydrogens is 576 g/mol. The van der Waals surface area contributed by atoms with Crippen LogP contribution < -0.4 is 16.2 Å². The summed E-state index contributed by atoms with van der Waals surface area (Å²) in [6, 6.07) is 6.21. The molecule has 0 bridgehead atoms. The molecule has 4 aromatic rings. The number of carbonyl (C=O) groups excluding carboxylic acids is 3. The van der Waals surface area contributed by atoms with Crippen molar-refractivity contribution in [3.63, 3.8) is 0 Å². The van der Waals surface area contributed by atoms with E-state index >= 15 is 0 Å². The van der Waals surface area contributed by atoms with Crippen LogP contribution in [0.15, 0.2) is 42.6 Å². The van der Waals surface area contributed by atoms with Crippen LogP contribution in [0, 0.1) is 13.8 Å². The first-order valence-corrected chi connectivity index (χ1v) is 11.7. The van der Waals surface area contributed by atoms with Crippen LogP contribution in [0.1, 0.15) is 43.4 Å². The van der Waals surface area contributed by atoms with Crippen molar-refractivity contribution in [3.05, 3.63) is 76.4 Å². The van der Waals surface area contributed by atoms with Crippen LogP contribution >= 0.6 is 0 Å². The summed E-state index contributed by atoms with van der Waals surface area (Å²) in [5.74, 6) is -2.37. The van der Waals surface area contributed by atoms with Gasteiger partial charge in [0.25, 0.3) is 11.8 Å². The molecule has 0 fully saturated rings. The Morgan fingerprint density at radius 1 is 0.905 bits per heavy atom. The minimum Gasteiger partial charge on any atom is -0.452 e. The Bertz CT molecular complexity index is 1720. The smallest absolute Gasteiger partial charge is 0.435 e. The largest absolute Gasteiger partial charge is 0.452 e. The first kappa shape index (κ1) is 29.8. The van der Waals surface area contributed by atoms with E-state index in [4.69, 9.17) is 0 Å². The van der Waals surface area contributed by atoms with Gasteiger partial charge in [0.15, 0.2) is 11.5 Å².